The van der Waals surface area contributed by atoms with Gasteiger partial charge in [0, 0.05) is 22.6 Å². The molecule has 0 saturated heterocycles. The molecule has 3 rings (SSSR count). The largest absolute Gasteiger partial charge is 0.456 e. The minimum Gasteiger partial charge on any atom is -0.456 e. The Morgan fingerprint density at radius 2 is 1.74 bits per heavy atom. The molecule has 160 valence electrons. The highest BCUT2D eigenvalue weighted by Gasteiger charge is 2.18. The van der Waals surface area contributed by atoms with Gasteiger partial charge in [-0.25, -0.2) is 4.39 Å². The van der Waals surface area contributed by atoms with Gasteiger partial charge in [0.2, 0.25) is 11.7 Å². The van der Waals surface area contributed by atoms with E-state index in [-0.39, 0.29) is 30.5 Å². The molecule has 0 aliphatic rings. The highest BCUT2D eigenvalue weighted by atomic mass is 19.1. The fraction of sp³-hybridized carbons (Fsp3) is 0.208. The number of hydrogen-bond acceptors (Lipinski definition) is 4. The van der Waals surface area contributed by atoms with E-state index >= 15 is 0 Å². The molecule has 1 N–H and O–H groups in total. The van der Waals surface area contributed by atoms with Crippen molar-refractivity contribution < 1.29 is 23.5 Å². The van der Waals surface area contributed by atoms with Crippen LogP contribution in [-0.4, -0.2) is 35.4 Å². The maximum atomic E-state index is 13.6. The molecule has 1 heterocycles. The lowest BCUT2D eigenvalue weighted by molar-refractivity contribution is -0.142. The van der Waals surface area contributed by atoms with E-state index in [9.17, 15) is 18.8 Å². The van der Waals surface area contributed by atoms with E-state index in [2.05, 4.69) is 5.32 Å². The van der Waals surface area contributed by atoms with Gasteiger partial charge in [0.15, 0.2) is 6.61 Å². The first kappa shape index (κ1) is 22.0. The van der Waals surface area contributed by atoms with E-state index in [0.29, 0.717) is 16.9 Å². The fourth-order valence-corrected chi connectivity index (χ4v) is 3.35. The number of Topliss-reactive ketones (excluding diaryl/α,β-unsaturated/α-hetero) is 1. The van der Waals surface area contributed by atoms with Crippen LogP contribution in [0.4, 0.5) is 4.39 Å². The van der Waals surface area contributed by atoms with Crippen molar-refractivity contribution in [3.05, 3.63) is 89.0 Å². The molecule has 0 atom stereocenters. The Kier molecular flexibility index (Phi) is 6.97. The number of halogens is 1. The lowest BCUT2D eigenvalue weighted by atomic mass is 10.1. The lowest BCUT2D eigenvalue weighted by Crippen LogP contribution is -2.32. The van der Waals surface area contributed by atoms with Gasteiger partial charge in [-0.2, -0.15) is 0 Å². The quantitative estimate of drug-likeness (QED) is 0.446. The zero-order chi connectivity index (χ0) is 22.4. The van der Waals surface area contributed by atoms with Crippen LogP contribution < -0.4 is 5.32 Å². The molecule has 7 heteroatoms. The second-order valence-corrected chi connectivity index (χ2v) is 7.12. The second kappa shape index (κ2) is 9.84. The molecule has 6 nitrogen and oxygen atoms in total. The van der Waals surface area contributed by atoms with Crippen LogP contribution in [0.25, 0.3) is 5.69 Å². The van der Waals surface area contributed by atoms with Gasteiger partial charge in [0.25, 0.3) is 0 Å². The molecular weight excluding hydrogens is 399 g/mol. The number of amides is 1. The van der Waals surface area contributed by atoms with Crippen LogP contribution >= 0.6 is 0 Å². The first-order chi connectivity index (χ1) is 14.8. The highest BCUT2D eigenvalue weighted by Crippen LogP contribution is 2.22. The smallest absolute Gasteiger partial charge is 0.325 e. The summed E-state index contributed by atoms with van der Waals surface area (Å²) in [6.45, 7) is 2.79. The van der Waals surface area contributed by atoms with Crippen LogP contribution in [0.3, 0.4) is 0 Å². The standard InChI is InChI=1S/C24H23FN2O4/c1-16-11-21(17(2)27(16)20-10-6-9-19(25)13-20)22(28)15-31-24(30)14-26-23(29)12-18-7-4-3-5-8-18/h3-11,13H,12,14-15H2,1-2H3,(H,26,29). The number of carbonyl (C=O) groups is 3. The van der Waals surface area contributed by atoms with Gasteiger partial charge in [-0.05, 0) is 43.7 Å². The summed E-state index contributed by atoms with van der Waals surface area (Å²) >= 11 is 0. The van der Waals surface area contributed by atoms with E-state index in [0.717, 1.165) is 11.3 Å². The predicted molar refractivity (Wildman–Crippen MR) is 114 cm³/mol. The Morgan fingerprint density at radius 1 is 1.00 bits per heavy atom. The summed E-state index contributed by atoms with van der Waals surface area (Å²) in [7, 11) is 0. The van der Waals surface area contributed by atoms with E-state index in [1.807, 2.05) is 37.3 Å². The number of rotatable bonds is 8. The van der Waals surface area contributed by atoms with Gasteiger partial charge in [0.1, 0.15) is 12.4 Å². The lowest BCUT2D eigenvalue weighted by Gasteiger charge is -2.10. The number of benzene rings is 2. The molecule has 0 aliphatic heterocycles. The van der Waals surface area contributed by atoms with Crippen molar-refractivity contribution in [3.63, 3.8) is 0 Å². The minimum atomic E-state index is -0.700. The van der Waals surface area contributed by atoms with Crippen molar-refractivity contribution in [2.45, 2.75) is 20.3 Å². The molecule has 0 aliphatic carbocycles. The monoisotopic (exact) mass is 422 g/mol. The van der Waals surface area contributed by atoms with Crippen molar-refractivity contribution in [1.82, 2.24) is 9.88 Å². The van der Waals surface area contributed by atoms with Crippen LogP contribution in [-0.2, 0) is 20.7 Å². The topological polar surface area (TPSA) is 77.4 Å². The molecular formula is C24H23FN2O4. The summed E-state index contributed by atoms with van der Waals surface area (Å²) in [5.74, 6) is -1.76. The van der Waals surface area contributed by atoms with Gasteiger partial charge in [0.05, 0.1) is 6.42 Å². The van der Waals surface area contributed by atoms with Gasteiger partial charge >= 0.3 is 5.97 Å². The molecule has 0 fully saturated rings. The van der Waals surface area contributed by atoms with Crippen molar-refractivity contribution in [2.75, 3.05) is 13.2 Å². The van der Waals surface area contributed by atoms with Crippen molar-refractivity contribution in [2.24, 2.45) is 0 Å². The van der Waals surface area contributed by atoms with Crippen molar-refractivity contribution >= 4 is 17.7 Å². The number of hydrogen-bond donors (Lipinski definition) is 1. The normalized spacial score (nSPS) is 10.5. The number of aryl methyl sites for hydroxylation is 1. The van der Waals surface area contributed by atoms with E-state index in [4.69, 9.17) is 4.74 Å². The van der Waals surface area contributed by atoms with Gasteiger partial charge in [-0.3, -0.25) is 14.4 Å². The summed E-state index contributed by atoms with van der Waals surface area (Å²) in [6, 6.07) is 16.9. The summed E-state index contributed by atoms with van der Waals surface area (Å²) in [6.07, 6.45) is 0.152. The van der Waals surface area contributed by atoms with Crippen LogP contribution in [0.2, 0.25) is 0 Å². The number of ether oxygens (including phenoxy) is 1. The Labute approximate surface area is 179 Å². The van der Waals surface area contributed by atoms with Crippen molar-refractivity contribution in [1.29, 1.82) is 0 Å². The molecule has 0 unspecified atom stereocenters. The first-order valence-corrected chi connectivity index (χ1v) is 9.79. The summed E-state index contributed by atoms with van der Waals surface area (Å²) < 4.78 is 20.4. The average molecular weight is 422 g/mol. The number of ketones is 1. The average Bonchev–Trinajstić information content (AvgIpc) is 3.05. The Hall–Kier alpha value is -3.74. The molecule has 0 bridgehead atoms. The zero-order valence-corrected chi connectivity index (χ0v) is 17.4. The Bertz CT molecular complexity index is 1110. The molecule has 3 aromatic rings. The molecule has 0 saturated carbocycles. The summed E-state index contributed by atoms with van der Waals surface area (Å²) in [5.41, 5.74) is 3.21. The number of aromatic nitrogens is 1. The molecule has 31 heavy (non-hydrogen) atoms. The number of esters is 1. The highest BCUT2D eigenvalue weighted by molar-refractivity contribution is 5.99. The summed E-state index contributed by atoms with van der Waals surface area (Å²) in [4.78, 5) is 36.4. The molecule has 2 aromatic carbocycles. The third-order valence-corrected chi connectivity index (χ3v) is 4.80. The Morgan fingerprint density at radius 3 is 2.45 bits per heavy atom. The molecule has 1 amide bonds. The van der Waals surface area contributed by atoms with Crippen LogP contribution in [0.1, 0.15) is 27.3 Å². The van der Waals surface area contributed by atoms with Crippen LogP contribution in [0, 0.1) is 19.7 Å². The maximum Gasteiger partial charge on any atom is 0.325 e. The van der Waals surface area contributed by atoms with Crippen LogP contribution in [0.15, 0.2) is 60.7 Å². The molecule has 1 aromatic heterocycles. The van der Waals surface area contributed by atoms with E-state index < -0.39 is 12.6 Å². The fourth-order valence-electron chi connectivity index (χ4n) is 3.35. The molecule has 0 spiro atoms. The van der Waals surface area contributed by atoms with Gasteiger partial charge in [-0.15, -0.1) is 0 Å². The minimum absolute atomic E-state index is 0.152. The third-order valence-electron chi connectivity index (χ3n) is 4.80. The zero-order valence-electron chi connectivity index (χ0n) is 17.4. The van der Waals surface area contributed by atoms with E-state index in [1.54, 1.807) is 29.7 Å². The van der Waals surface area contributed by atoms with E-state index in [1.165, 1.54) is 12.1 Å². The van der Waals surface area contributed by atoms with Crippen LogP contribution in [0.5, 0.6) is 0 Å². The number of nitrogens with one attached hydrogen (secondary N) is 1. The SMILES string of the molecule is Cc1cc(C(=O)COC(=O)CNC(=O)Cc2ccccc2)c(C)n1-c1cccc(F)c1. The Balaban J connectivity index is 1.54. The maximum absolute atomic E-state index is 13.6. The molecule has 0 radical (unpaired) electrons. The summed E-state index contributed by atoms with van der Waals surface area (Å²) in [5, 5.41) is 2.48. The predicted octanol–water partition coefficient (Wildman–Crippen LogP) is 3.32. The van der Waals surface area contributed by atoms with Gasteiger partial charge in [-0.1, -0.05) is 36.4 Å². The second-order valence-electron chi connectivity index (χ2n) is 7.12. The number of carbonyl (C=O) groups excluding carboxylic acids is 3. The van der Waals surface area contributed by atoms with Gasteiger partial charge < -0.3 is 14.6 Å². The third kappa shape index (κ3) is 5.66. The first-order valence-electron chi connectivity index (χ1n) is 9.79. The number of nitrogens with zero attached hydrogens (tertiary/aromatic N) is 1. The van der Waals surface area contributed by atoms with Crippen molar-refractivity contribution in [3.8, 4) is 5.69 Å².